The molecule has 19 heavy (non-hydrogen) atoms. The summed E-state index contributed by atoms with van der Waals surface area (Å²) in [6.07, 6.45) is 3.15. The lowest BCUT2D eigenvalue weighted by Crippen LogP contribution is -2.06. The molecule has 0 aliphatic heterocycles. The third-order valence-corrected chi connectivity index (χ3v) is 3.90. The maximum atomic E-state index is 5.99. The molecule has 0 radical (unpaired) electrons. The first-order chi connectivity index (χ1) is 9.25. The van der Waals surface area contributed by atoms with E-state index in [0.29, 0.717) is 5.65 Å². The predicted molar refractivity (Wildman–Crippen MR) is 74.9 cm³/mol. The minimum absolute atomic E-state index is 0.0113. The van der Waals surface area contributed by atoms with E-state index in [1.165, 1.54) is 6.33 Å². The summed E-state index contributed by atoms with van der Waals surface area (Å²) in [5, 5.41) is 0.857. The van der Waals surface area contributed by atoms with Crippen LogP contribution in [0.1, 0.15) is 18.5 Å². The molecule has 3 aromatic rings. The van der Waals surface area contributed by atoms with Gasteiger partial charge >= 0.3 is 0 Å². The molecule has 0 aliphatic rings. The quantitative estimate of drug-likeness (QED) is 0.715. The number of hydrogen-bond donors (Lipinski definition) is 2. The summed E-state index contributed by atoms with van der Waals surface area (Å²) in [6, 6.07) is 8.07. The normalized spacial score (nSPS) is 12.7. The van der Waals surface area contributed by atoms with Gasteiger partial charge in [-0.15, -0.1) is 0 Å². The fourth-order valence-electron chi connectivity index (χ4n) is 1.87. The van der Waals surface area contributed by atoms with E-state index in [9.17, 15) is 0 Å². The van der Waals surface area contributed by atoms with Crippen molar-refractivity contribution >= 4 is 22.9 Å². The van der Waals surface area contributed by atoms with E-state index in [1.54, 1.807) is 18.1 Å². The summed E-state index contributed by atoms with van der Waals surface area (Å²) in [6.45, 7) is 1.98. The Hall–Kier alpha value is -1.92. The summed E-state index contributed by atoms with van der Waals surface area (Å²) < 4.78 is 0. The van der Waals surface area contributed by atoms with Gasteiger partial charge in [-0.2, -0.15) is 0 Å². The van der Waals surface area contributed by atoms with Crippen molar-refractivity contribution in [1.29, 1.82) is 0 Å². The second kappa shape index (κ2) is 4.99. The van der Waals surface area contributed by atoms with Crippen LogP contribution in [0.2, 0.25) is 0 Å². The van der Waals surface area contributed by atoms with Gasteiger partial charge in [-0.1, -0.05) is 30.0 Å². The highest BCUT2D eigenvalue weighted by Crippen LogP contribution is 2.33. The standard InChI is InChI=1S/C13H13N5S/c1-8(14)9-4-2-3-5-10(9)19-13-11-12(16-6-15-11)17-7-18-13/h2-8H,14H2,1H3,(H,15,16,17,18). The molecule has 1 aromatic carbocycles. The van der Waals surface area contributed by atoms with Crippen molar-refractivity contribution in [3.63, 3.8) is 0 Å². The van der Waals surface area contributed by atoms with Crippen LogP contribution in [0.3, 0.4) is 0 Å². The topological polar surface area (TPSA) is 80.5 Å². The molecule has 0 amide bonds. The molecule has 2 heterocycles. The van der Waals surface area contributed by atoms with Crippen LogP contribution >= 0.6 is 11.8 Å². The van der Waals surface area contributed by atoms with Crippen LogP contribution in [-0.4, -0.2) is 19.9 Å². The van der Waals surface area contributed by atoms with Gasteiger partial charge in [0.15, 0.2) is 5.65 Å². The number of rotatable bonds is 3. The van der Waals surface area contributed by atoms with Gasteiger partial charge in [0, 0.05) is 10.9 Å². The van der Waals surface area contributed by atoms with E-state index in [4.69, 9.17) is 5.73 Å². The lowest BCUT2D eigenvalue weighted by atomic mass is 10.1. The number of imidazole rings is 1. The van der Waals surface area contributed by atoms with Gasteiger partial charge in [0.25, 0.3) is 0 Å². The molecule has 1 atom stereocenters. The van der Waals surface area contributed by atoms with Crippen molar-refractivity contribution < 1.29 is 0 Å². The molecule has 2 aromatic heterocycles. The molecule has 1 unspecified atom stereocenters. The second-order valence-corrected chi connectivity index (χ2v) is 5.24. The Morgan fingerprint density at radius 1 is 1.21 bits per heavy atom. The summed E-state index contributed by atoms with van der Waals surface area (Å²) >= 11 is 1.57. The number of H-pyrrole nitrogens is 1. The molecule has 5 nitrogen and oxygen atoms in total. The molecule has 0 bridgehead atoms. The first-order valence-corrected chi connectivity index (χ1v) is 6.74. The zero-order valence-corrected chi connectivity index (χ0v) is 11.2. The van der Waals surface area contributed by atoms with Gasteiger partial charge in [-0.3, -0.25) is 0 Å². The maximum absolute atomic E-state index is 5.99. The van der Waals surface area contributed by atoms with E-state index >= 15 is 0 Å². The fraction of sp³-hybridized carbons (Fsp3) is 0.154. The predicted octanol–water partition coefficient (Wildman–Crippen LogP) is 2.52. The molecule has 6 heteroatoms. The number of nitrogens with zero attached hydrogens (tertiary/aromatic N) is 3. The van der Waals surface area contributed by atoms with E-state index in [1.807, 2.05) is 31.2 Å². The van der Waals surface area contributed by atoms with Crippen molar-refractivity contribution in [3.8, 4) is 0 Å². The summed E-state index contributed by atoms with van der Waals surface area (Å²) in [5.41, 5.74) is 8.63. The van der Waals surface area contributed by atoms with Crippen LogP contribution in [0, 0.1) is 0 Å². The highest BCUT2D eigenvalue weighted by Gasteiger charge is 2.11. The minimum Gasteiger partial charge on any atom is -0.341 e. The van der Waals surface area contributed by atoms with E-state index in [2.05, 4.69) is 19.9 Å². The fourth-order valence-corrected chi connectivity index (χ4v) is 2.95. The van der Waals surface area contributed by atoms with Crippen molar-refractivity contribution in [2.45, 2.75) is 22.9 Å². The van der Waals surface area contributed by atoms with Crippen molar-refractivity contribution in [2.75, 3.05) is 0 Å². The van der Waals surface area contributed by atoms with Crippen LogP contribution in [0.25, 0.3) is 11.2 Å². The minimum atomic E-state index is -0.0113. The summed E-state index contributed by atoms with van der Waals surface area (Å²) in [7, 11) is 0. The average Bonchev–Trinajstić information content (AvgIpc) is 2.88. The first kappa shape index (κ1) is 12.1. The van der Waals surface area contributed by atoms with E-state index in [0.717, 1.165) is 21.0 Å². The Bertz CT molecular complexity index is 707. The molecule has 0 saturated carbocycles. The molecule has 96 valence electrons. The van der Waals surface area contributed by atoms with Crippen LogP contribution in [0.4, 0.5) is 0 Å². The lowest BCUT2D eigenvalue weighted by Gasteiger charge is -2.11. The van der Waals surface area contributed by atoms with Crippen molar-refractivity contribution in [1.82, 2.24) is 19.9 Å². The number of aromatic amines is 1. The third kappa shape index (κ3) is 2.32. The molecule has 3 N–H and O–H groups in total. The molecule has 0 aliphatic carbocycles. The average molecular weight is 271 g/mol. The lowest BCUT2D eigenvalue weighted by molar-refractivity contribution is 0.797. The van der Waals surface area contributed by atoms with Gasteiger partial charge in [0.1, 0.15) is 16.9 Å². The summed E-state index contributed by atoms with van der Waals surface area (Å²) in [4.78, 5) is 16.7. The van der Waals surface area contributed by atoms with Crippen LogP contribution in [0.15, 0.2) is 46.8 Å². The maximum Gasteiger partial charge on any atom is 0.181 e. The van der Waals surface area contributed by atoms with Gasteiger partial charge in [-0.05, 0) is 18.6 Å². The Labute approximate surface area is 114 Å². The Kier molecular flexibility index (Phi) is 3.18. The number of hydrogen-bond acceptors (Lipinski definition) is 5. The third-order valence-electron chi connectivity index (χ3n) is 2.80. The van der Waals surface area contributed by atoms with Crippen LogP contribution in [-0.2, 0) is 0 Å². The van der Waals surface area contributed by atoms with Gasteiger partial charge in [0.2, 0.25) is 0 Å². The second-order valence-electron chi connectivity index (χ2n) is 4.21. The number of fused-ring (bicyclic) bond motifs is 1. The largest absolute Gasteiger partial charge is 0.341 e. The monoisotopic (exact) mass is 271 g/mol. The summed E-state index contributed by atoms with van der Waals surface area (Å²) in [5.74, 6) is 0. The number of benzene rings is 1. The van der Waals surface area contributed by atoms with Gasteiger partial charge in [0.05, 0.1) is 6.33 Å². The molecule has 3 rings (SSSR count). The highest BCUT2D eigenvalue weighted by atomic mass is 32.2. The number of aromatic nitrogens is 4. The number of nitrogens with one attached hydrogen (secondary N) is 1. The van der Waals surface area contributed by atoms with Crippen LogP contribution < -0.4 is 5.73 Å². The Balaban J connectivity index is 2.04. The van der Waals surface area contributed by atoms with Crippen molar-refractivity contribution in [3.05, 3.63) is 42.5 Å². The molecule has 0 spiro atoms. The first-order valence-electron chi connectivity index (χ1n) is 5.92. The SMILES string of the molecule is CC(N)c1ccccc1Sc1ncnc2nc[nH]c12. The molecular formula is C13H13N5S. The van der Waals surface area contributed by atoms with E-state index in [-0.39, 0.29) is 6.04 Å². The zero-order valence-electron chi connectivity index (χ0n) is 10.4. The van der Waals surface area contributed by atoms with Gasteiger partial charge in [-0.25, -0.2) is 15.0 Å². The number of nitrogens with two attached hydrogens (primary N) is 1. The van der Waals surface area contributed by atoms with Crippen LogP contribution in [0.5, 0.6) is 0 Å². The smallest absolute Gasteiger partial charge is 0.181 e. The molecular weight excluding hydrogens is 258 g/mol. The zero-order chi connectivity index (χ0) is 13.2. The molecule has 0 fully saturated rings. The van der Waals surface area contributed by atoms with Crippen molar-refractivity contribution in [2.24, 2.45) is 5.73 Å². The van der Waals surface area contributed by atoms with Gasteiger partial charge < -0.3 is 10.7 Å². The highest BCUT2D eigenvalue weighted by molar-refractivity contribution is 7.99. The molecule has 0 saturated heterocycles. The Morgan fingerprint density at radius 2 is 2.05 bits per heavy atom. The Morgan fingerprint density at radius 3 is 2.89 bits per heavy atom. The van der Waals surface area contributed by atoms with E-state index < -0.39 is 0 Å².